The molecular formula is C21H25FN4O2. The van der Waals surface area contributed by atoms with Crippen LogP contribution in [0, 0.1) is 5.82 Å². The number of hydrogen-bond donors (Lipinski definition) is 3. The summed E-state index contributed by atoms with van der Waals surface area (Å²) in [4.78, 5) is 15.8. The Balaban J connectivity index is 1.49. The number of ether oxygens (including phenoxy) is 1. The molecule has 0 unspecified atom stereocenters. The summed E-state index contributed by atoms with van der Waals surface area (Å²) in [7, 11) is 0. The van der Waals surface area contributed by atoms with Crippen molar-refractivity contribution in [3.8, 4) is 5.75 Å². The van der Waals surface area contributed by atoms with Crippen molar-refractivity contribution in [2.75, 3.05) is 25.0 Å². The van der Waals surface area contributed by atoms with E-state index in [1.807, 2.05) is 25.1 Å². The Morgan fingerprint density at radius 1 is 1.21 bits per heavy atom. The smallest absolute Gasteiger partial charge is 0.224 e. The normalized spacial score (nSPS) is 13.5. The molecule has 1 heterocycles. The first-order valence-corrected chi connectivity index (χ1v) is 9.47. The second-order valence-electron chi connectivity index (χ2n) is 6.43. The molecule has 0 saturated heterocycles. The summed E-state index contributed by atoms with van der Waals surface area (Å²) >= 11 is 0. The molecule has 0 aliphatic carbocycles. The van der Waals surface area contributed by atoms with Crippen molar-refractivity contribution in [3.63, 3.8) is 0 Å². The monoisotopic (exact) mass is 384 g/mol. The number of nitrogens with zero attached hydrogens (tertiary/aromatic N) is 1. The highest BCUT2D eigenvalue weighted by molar-refractivity contribution is 5.94. The lowest BCUT2D eigenvalue weighted by Crippen LogP contribution is -2.39. The molecule has 0 radical (unpaired) electrons. The minimum absolute atomic E-state index is 0.0518. The van der Waals surface area contributed by atoms with Crippen LogP contribution in [-0.2, 0) is 17.8 Å². The predicted molar refractivity (Wildman–Crippen MR) is 108 cm³/mol. The molecule has 0 bridgehead atoms. The Bertz CT molecular complexity index is 854. The number of amides is 1. The standard InChI is InChI=1S/C21H25FN4O2/c1-2-23-21(25-14-16-5-3-4-6-18(16)22)24-11-12-28-17-8-9-19-15(13-17)7-10-20(27)26-19/h3-6,8-9,13H,2,7,10-12,14H2,1H3,(H,26,27)(H2,23,24,25). The maximum absolute atomic E-state index is 13.7. The summed E-state index contributed by atoms with van der Waals surface area (Å²) in [5, 5.41) is 9.18. The van der Waals surface area contributed by atoms with Gasteiger partial charge in [-0.3, -0.25) is 4.79 Å². The summed E-state index contributed by atoms with van der Waals surface area (Å²) in [5.41, 5.74) is 2.50. The summed E-state index contributed by atoms with van der Waals surface area (Å²) in [6.07, 6.45) is 1.23. The van der Waals surface area contributed by atoms with Crippen LogP contribution in [0.15, 0.2) is 47.5 Å². The Kier molecular flexibility index (Phi) is 6.84. The second kappa shape index (κ2) is 9.73. The molecule has 1 amide bonds. The molecule has 1 aliphatic rings. The number of rotatable bonds is 7. The Morgan fingerprint density at radius 2 is 2.07 bits per heavy atom. The van der Waals surface area contributed by atoms with Crippen LogP contribution in [0.5, 0.6) is 5.75 Å². The van der Waals surface area contributed by atoms with E-state index < -0.39 is 0 Å². The van der Waals surface area contributed by atoms with Crippen LogP contribution >= 0.6 is 0 Å². The van der Waals surface area contributed by atoms with Gasteiger partial charge in [-0.1, -0.05) is 18.2 Å². The van der Waals surface area contributed by atoms with Crippen molar-refractivity contribution < 1.29 is 13.9 Å². The average molecular weight is 384 g/mol. The van der Waals surface area contributed by atoms with Gasteiger partial charge in [0.2, 0.25) is 5.91 Å². The van der Waals surface area contributed by atoms with Gasteiger partial charge in [-0.05, 0) is 43.2 Å². The highest BCUT2D eigenvalue weighted by Gasteiger charge is 2.14. The van der Waals surface area contributed by atoms with Gasteiger partial charge in [-0.25, -0.2) is 9.38 Å². The SMILES string of the molecule is CCNC(=NCc1ccccc1F)NCCOc1ccc2c(c1)CCC(=O)N2. The van der Waals surface area contributed by atoms with Crippen LogP contribution in [0.4, 0.5) is 10.1 Å². The summed E-state index contributed by atoms with van der Waals surface area (Å²) in [5.74, 6) is 1.18. The average Bonchev–Trinajstić information content (AvgIpc) is 2.70. The van der Waals surface area contributed by atoms with Crippen LogP contribution in [-0.4, -0.2) is 31.6 Å². The van der Waals surface area contributed by atoms with Gasteiger partial charge in [-0.2, -0.15) is 0 Å². The first kappa shape index (κ1) is 19.7. The van der Waals surface area contributed by atoms with Crippen LogP contribution < -0.4 is 20.7 Å². The molecule has 6 nitrogen and oxygen atoms in total. The zero-order valence-electron chi connectivity index (χ0n) is 15.9. The Labute approximate surface area is 164 Å². The van der Waals surface area contributed by atoms with Crippen molar-refractivity contribution in [3.05, 3.63) is 59.4 Å². The zero-order valence-corrected chi connectivity index (χ0v) is 15.9. The van der Waals surface area contributed by atoms with Crippen molar-refractivity contribution in [2.24, 2.45) is 4.99 Å². The number of carbonyl (C=O) groups excluding carboxylic acids is 1. The molecule has 148 valence electrons. The fraction of sp³-hybridized carbons (Fsp3) is 0.333. The van der Waals surface area contributed by atoms with E-state index in [0.29, 0.717) is 37.6 Å². The predicted octanol–water partition coefficient (Wildman–Crippen LogP) is 2.84. The van der Waals surface area contributed by atoms with E-state index in [1.54, 1.807) is 18.2 Å². The number of hydrogen-bond acceptors (Lipinski definition) is 3. The zero-order chi connectivity index (χ0) is 19.8. The molecule has 2 aromatic carbocycles. The number of guanidine groups is 1. The quantitative estimate of drug-likeness (QED) is 0.390. The molecule has 0 atom stereocenters. The molecular weight excluding hydrogens is 359 g/mol. The number of aliphatic imine (C=N–C) groups is 1. The van der Waals surface area contributed by atoms with Gasteiger partial charge < -0.3 is 20.7 Å². The van der Waals surface area contributed by atoms with E-state index in [4.69, 9.17) is 4.74 Å². The van der Waals surface area contributed by atoms with E-state index in [0.717, 1.165) is 23.4 Å². The fourth-order valence-electron chi connectivity index (χ4n) is 2.92. The number of benzene rings is 2. The highest BCUT2D eigenvalue weighted by atomic mass is 19.1. The van der Waals surface area contributed by atoms with E-state index in [2.05, 4.69) is 20.9 Å². The van der Waals surface area contributed by atoms with Crippen molar-refractivity contribution >= 4 is 17.6 Å². The second-order valence-corrected chi connectivity index (χ2v) is 6.43. The molecule has 7 heteroatoms. The molecule has 28 heavy (non-hydrogen) atoms. The largest absolute Gasteiger partial charge is 0.492 e. The minimum Gasteiger partial charge on any atom is -0.492 e. The molecule has 0 aromatic heterocycles. The van der Waals surface area contributed by atoms with Crippen LogP contribution in [0.25, 0.3) is 0 Å². The molecule has 1 aliphatic heterocycles. The Hall–Kier alpha value is -3.09. The van der Waals surface area contributed by atoms with Gasteiger partial charge in [0.15, 0.2) is 5.96 Å². The summed E-state index contributed by atoms with van der Waals surface area (Å²) in [6.45, 7) is 3.95. The number of nitrogens with one attached hydrogen (secondary N) is 3. The topological polar surface area (TPSA) is 74.8 Å². The third kappa shape index (κ3) is 5.45. The molecule has 2 aromatic rings. The van der Waals surface area contributed by atoms with Crippen LogP contribution in [0.2, 0.25) is 0 Å². The first-order valence-electron chi connectivity index (χ1n) is 9.47. The van der Waals surface area contributed by atoms with Crippen LogP contribution in [0.1, 0.15) is 24.5 Å². The van der Waals surface area contributed by atoms with Gasteiger partial charge >= 0.3 is 0 Å². The maximum atomic E-state index is 13.7. The number of aryl methyl sites for hydroxylation is 1. The van der Waals surface area contributed by atoms with Crippen molar-refractivity contribution in [1.29, 1.82) is 0 Å². The van der Waals surface area contributed by atoms with E-state index >= 15 is 0 Å². The summed E-state index contributed by atoms with van der Waals surface area (Å²) in [6, 6.07) is 12.3. The Morgan fingerprint density at radius 3 is 2.89 bits per heavy atom. The van der Waals surface area contributed by atoms with Crippen molar-refractivity contribution in [1.82, 2.24) is 10.6 Å². The molecule has 3 N–H and O–H groups in total. The van der Waals surface area contributed by atoms with Gasteiger partial charge in [0.05, 0.1) is 13.1 Å². The van der Waals surface area contributed by atoms with E-state index in [1.165, 1.54) is 6.07 Å². The molecule has 0 spiro atoms. The van der Waals surface area contributed by atoms with Gasteiger partial charge in [0, 0.05) is 24.2 Å². The van der Waals surface area contributed by atoms with Crippen molar-refractivity contribution in [2.45, 2.75) is 26.3 Å². The first-order chi connectivity index (χ1) is 13.7. The lowest BCUT2D eigenvalue weighted by atomic mass is 10.0. The van der Waals surface area contributed by atoms with Gasteiger partial charge in [0.25, 0.3) is 0 Å². The fourth-order valence-corrected chi connectivity index (χ4v) is 2.92. The lowest BCUT2D eigenvalue weighted by Gasteiger charge is -2.18. The highest BCUT2D eigenvalue weighted by Crippen LogP contribution is 2.26. The molecule has 3 rings (SSSR count). The third-order valence-electron chi connectivity index (χ3n) is 4.35. The van der Waals surface area contributed by atoms with Gasteiger partial charge in [-0.15, -0.1) is 0 Å². The van der Waals surface area contributed by atoms with Crippen LogP contribution in [0.3, 0.4) is 0 Å². The number of carbonyl (C=O) groups is 1. The minimum atomic E-state index is -0.256. The van der Waals surface area contributed by atoms with E-state index in [-0.39, 0.29) is 18.3 Å². The third-order valence-corrected chi connectivity index (χ3v) is 4.35. The maximum Gasteiger partial charge on any atom is 0.224 e. The molecule has 0 saturated carbocycles. The number of halogens is 1. The lowest BCUT2D eigenvalue weighted by molar-refractivity contribution is -0.116. The van der Waals surface area contributed by atoms with E-state index in [9.17, 15) is 9.18 Å². The number of anilines is 1. The number of fused-ring (bicyclic) bond motifs is 1. The van der Waals surface area contributed by atoms with Gasteiger partial charge in [0.1, 0.15) is 18.2 Å². The summed E-state index contributed by atoms with van der Waals surface area (Å²) < 4.78 is 19.5. The molecule has 0 fully saturated rings.